The van der Waals surface area contributed by atoms with Gasteiger partial charge in [0.15, 0.2) is 0 Å². The minimum atomic E-state index is 0.685. The van der Waals surface area contributed by atoms with Crippen molar-refractivity contribution >= 4 is 11.3 Å². The molecule has 3 nitrogen and oxygen atoms in total. The van der Waals surface area contributed by atoms with E-state index in [1.807, 2.05) is 19.2 Å². The Kier molecular flexibility index (Phi) is 4.87. The molecule has 1 aromatic carbocycles. The van der Waals surface area contributed by atoms with E-state index in [0.29, 0.717) is 6.54 Å². The third-order valence-electron chi connectivity index (χ3n) is 2.74. The van der Waals surface area contributed by atoms with Gasteiger partial charge in [-0.2, -0.15) is 0 Å². The highest BCUT2D eigenvalue weighted by Crippen LogP contribution is 2.15. The fourth-order valence-corrected chi connectivity index (χ4v) is 2.77. The molecule has 0 saturated carbocycles. The lowest BCUT2D eigenvalue weighted by Crippen LogP contribution is -2.28. The van der Waals surface area contributed by atoms with Crippen molar-refractivity contribution in [3.05, 3.63) is 52.0 Å². The monoisotopic (exact) mass is 261 g/mol. The van der Waals surface area contributed by atoms with Crippen molar-refractivity contribution < 1.29 is 0 Å². The molecule has 2 aromatic rings. The molecule has 0 unspecified atom stereocenters. The summed E-state index contributed by atoms with van der Waals surface area (Å²) in [5, 5.41) is 1.12. The summed E-state index contributed by atoms with van der Waals surface area (Å²) in [5.41, 5.74) is 7.01. The first-order valence-electron chi connectivity index (χ1n) is 6.15. The Labute approximate surface area is 112 Å². The number of rotatable bonds is 6. The SMILES string of the molecule is Cc1ncc(CN(CCN)Cc2ccccc2)s1. The lowest BCUT2D eigenvalue weighted by atomic mass is 10.2. The van der Waals surface area contributed by atoms with Crippen molar-refractivity contribution in [2.75, 3.05) is 13.1 Å². The van der Waals surface area contributed by atoms with Crippen LogP contribution in [-0.2, 0) is 13.1 Å². The Balaban J connectivity index is 1.99. The zero-order valence-electron chi connectivity index (χ0n) is 10.7. The van der Waals surface area contributed by atoms with Gasteiger partial charge in [0.25, 0.3) is 0 Å². The smallest absolute Gasteiger partial charge is 0.0897 e. The Hall–Kier alpha value is -1.23. The minimum absolute atomic E-state index is 0.685. The normalized spacial score (nSPS) is 11.1. The maximum atomic E-state index is 5.69. The highest BCUT2D eigenvalue weighted by atomic mass is 32.1. The van der Waals surface area contributed by atoms with E-state index in [0.717, 1.165) is 24.6 Å². The number of benzene rings is 1. The maximum absolute atomic E-state index is 5.69. The second-order valence-electron chi connectivity index (χ2n) is 4.33. The van der Waals surface area contributed by atoms with E-state index < -0.39 is 0 Å². The molecular formula is C14H19N3S. The first-order valence-corrected chi connectivity index (χ1v) is 6.97. The summed E-state index contributed by atoms with van der Waals surface area (Å²) in [5.74, 6) is 0. The molecule has 2 N–H and O–H groups in total. The summed E-state index contributed by atoms with van der Waals surface area (Å²) < 4.78 is 0. The summed E-state index contributed by atoms with van der Waals surface area (Å²) in [6.07, 6.45) is 1.97. The van der Waals surface area contributed by atoms with Gasteiger partial charge in [-0.05, 0) is 12.5 Å². The topological polar surface area (TPSA) is 42.2 Å². The minimum Gasteiger partial charge on any atom is -0.329 e. The van der Waals surface area contributed by atoms with E-state index in [4.69, 9.17) is 5.73 Å². The Bertz CT molecular complexity index is 467. The summed E-state index contributed by atoms with van der Waals surface area (Å²) in [4.78, 5) is 7.96. The lowest BCUT2D eigenvalue weighted by molar-refractivity contribution is 0.266. The zero-order valence-corrected chi connectivity index (χ0v) is 11.5. The summed E-state index contributed by atoms with van der Waals surface area (Å²) >= 11 is 1.76. The van der Waals surface area contributed by atoms with E-state index in [1.54, 1.807) is 11.3 Å². The van der Waals surface area contributed by atoms with E-state index in [-0.39, 0.29) is 0 Å². The third-order valence-corrected chi connectivity index (χ3v) is 3.64. The first-order chi connectivity index (χ1) is 8.78. The molecule has 0 aliphatic rings. The average Bonchev–Trinajstić information content (AvgIpc) is 2.76. The lowest BCUT2D eigenvalue weighted by Gasteiger charge is -2.20. The number of hydrogen-bond acceptors (Lipinski definition) is 4. The van der Waals surface area contributed by atoms with E-state index in [1.165, 1.54) is 10.4 Å². The average molecular weight is 261 g/mol. The van der Waals surface area contributed by atoms with Crippen LogP contribution in [0.4, 0.5) is 0 Å². The summed E-state index contributed by atoms with van der Waals surface area (Å²) in [6, 6.07) is 10.5. The highest BCUT2D eigenvalue weighted by Gasteiger charge is 2.08. The second-order valence-corrected chi connectivity index (χ2v) is 5.65. The molecule has 0 atom stereocenters. The molecule has 0 radical (unpaired) electrons. The molecule has 0 fully saturated rings. The molecule has 1 aromatic heterocycles. The highest BCUT2D eigenvalue weighted by molar-refractivity contribution is 7.11. The van der Waals surface area contributed by atoms with Gasteiger partial charge < -0.3 is 5.73 Å². The number of nitrogens with two attached hydrogens (primary N) is 1. The molecule has 4 heteroatoms. The van der Waals surface area contributed by atoms with Crippen molar-refractivity contribution in [2.24, 2.45) is 5.73 Å². The van der Waals surface area contributed by atoms with Crippen LogP contribution in [-0.4, -0.2) is 23.0 Å². The van der Waals surface area contributed by atoms with Gasteiger partial charge in [0.05, 0.1) is 5.01 Å². The second kappa shape index (κ2) is 6.64. The largest absolute Gasteiger partial charge is 0.329 e. The molecular weight excluding hydrogens is 242 g/mol. The standard InChI is InChI=1S/C14H19N3S/c1-12-16-9-14(18-12)11-17(8-7-15)10-13-5-3-2-4-6-13/h2-6,9H,7-8,10-11,15H2,1H3. The van der Waals surface area contributed by atoms with Gasteiger partial charge in [-0.3, -0.25) is 4.90 Å². The Morgan fingerprint density at radius 1 is 1.22 bits per heavy atom. The van der Waals surface area contributed by atoms with Gasteiger partial charge >= 0.3 is 0 Å². The number of aryl methyl sites for hydroxylation is 1. The van der Waals surface area contributed by atoms with Crippen LogP contribution in [0.5, 0.6) is 0 Å². The van der Waals surface area contributed by atoms with Gasteiger partial charge in [-0.1, -0.05) is 30.3 Å². The zero-order chi connectivity index (χ0) is 12.8. The molecule has 0 aliphatic carbocycles. The first kappa shape index (κ1) is 13.2. The molecule has 2 rings (SSSR count). The van der Waals surface area contributed by atoms with Crippen molar-refractivity contribution in [3.8, 4) is 0 Å². The fourth-order valence-electron chi connectivity index (χ4n) is 1.94. The van der Waals surface area contributed by atoms with Gasteiger partial charge in [0.1, 0.15) is 0 Å². The van der Waals surface area contributed by atoms with Crippen molar-refractivity contribution in [2.45, 2.75) is 20.0 Å². The van der Waals surface area contributed by atoms with Crippen LogP contribution in [0, 0.1) is 6.92 Å². The molecule has 0 bridgehead atoms. The van der Waals surface area contributed by atoms with Gasteiger partial charge in [-0.15, -0.1) is 11.3 Å². The van der Waals surface area contributed by atoms with Crippen molar-refractivity contribution in [1.82, 2.24) is 9.88 Å². The molecule has 0 spiro atoms. The summed E-state index contributed by atoms with van der Waals surface area (Å²) in [6.45, 7) is 5.50. The molecule has 0 amide bonds. The van der Waals surface area contributed by atoms with Crippen LogP contribution in [0.25, 0.3) is 0 Å². The van der Waals surface area contributed by atoms with Crippen molar-refractivity contribution in [1.29, 1.82) is 0 Å². The van der Waals surface area contributed by atoms with Crippen LogP contribution >= 0.6 is 11.3 Å². The fraction of sp³-hybridized carbons (Fsp3) is 0.357. The summed E-state index contributed by atoms with van der Waals surface area (Å²) in [7, 11) is 0. The molecule has 0 saturated heterocycles. The van der Waals surface area contributed by atoms with E-state index in [9.17, 15) is 0 Å². The van der Waals surface area contributed by atoms with Crippen LogP contribution in [0.1, 0.15) is 15.4 Å². The van der Waals surface area contributed by atoms with Gasteiger partial charge in [0, 0.05) is 37.3 Å². The third kappa shape index (κ3) is 3.91. The van der Waals surface area contributed by atoms with Gasteiger partial charge in [-0.25, -0.2) is 4.98 Å². The van der Waals surface area contributed by atoms with Crippen molar-refractivity contribution in [3.63, 3.8) is 0 Å². The number of nitrogens with zero attached hydrogens (tertiary/aromatic N) is 2. The number of aromatic nitrogens is 1. The molecule has 1 heterocycles. The van der Waals surface area contributed by atoms with Crippen LogP contribution in [0.3, 0.4) is 0 Å². The van der Waals surface area contributed by atoms with Crippen LogP contribution in [0.2, 0.25) is 0 Å². The predicted molar refractivity (Wildman–Crippen MR) is 76.5 cm³/mol. The van der Waals surface area contributed by atoms with Crippen LogP contribution < -0.4 is 5.73 Å². The number of hydrogen-bond donors (Lipinski definition) is 1. The maximum Gasteiger partial charge on any atom is 0.0897 e. The van der Waals surface area contributed by atoms with E-state index in [2.05, 4.69) is 34.1 Å². The Morgan fingerprint density at radius 3 is 2.61 bits per heavy atom. The van der Waals surface area contributed by atoms with Gasteiger partial charge in [0.2, 0.25) is 0 Å². The van der Waals surface area contributed by atoms with Crippen LogP contribution in [0.15, 0.2) is 36.5 Å². The predicted octanol–water partition coefficient (Wildman–Crippen LogP) is 2.41. The van der Waals surface area contributed by atoms with E-state index >= 15 is 0 Å². The Morgan fingerprint density at radius 2 is 2.00 bits per heavy atom. The molecule has 18 heavy (non-hydrogen) atoms. The quantitative estimate of drug-likeness (QED) is 0.868. The number of thiazole rings is 1. The molecule has 0 aliphatic heterocycles. The molecule has 96 valence electrons.